The van der Waals surface area contributed by atoms with E-state index in [1.807, 2.05) is 30.8 Å². The number of likely N-dealkylation sites (N-methyl/N-ethyl adjacent to an activating group) is 1. The highest BCUT2D eigenvalue weighted by atomic mass is 19.1. The Morgan fingerprint density at radius 3 is 2.52 bits per heavy atom. The van der Waals surface area contributed by atoms with Gasteiger partial charge in [-0.25, -0.2) is 14.4 Å². The second-order valence-electron chi connectivity index (χ2n) is 6.68. The third-order valence-electron chi connectivity index (χ3n) is 4.46. The smallest absolute Gasteiger partial charge is 0.236 e. The van der Waals surface area contributed by atoms with E-state index in [9.17, 15) is 9.18 Å². The number of halogens is 1. The molecule has 0 unspecified atom stereocenters. The second kappa shape index (κ2) is 7.27. The molecule has 25 heavy (non-hydrogen) atoms. The Morgan fingerprint density at radius 1 is 1.16 bits per heavy atom. The summed E-state index contributed by atoms with van der Waals surface area (Å²) in [4.78, 5) is 25.4. The lowest BCUT2D eigenvalue weighted by atomic mass is 10.1. The summed E-state index contributed by atoms with van der Waals surface area (Å²) >= 11 is 0. The molecule has 3 rings (SSSR count). The van der Waals surface area contributed by atoms with Crippen molar-refractivity contribution in [3.05, 3.63) is 47.0 Å². The number of nitrogens with zero attached hydrogens (tertiary/aromatic N) is 4. The molecule has 0 aliphatic carbocycles. The highest BCUT2D eigenvalue weighted by Crippen LogP contribution is 2.22. The van der Waals surface area contributed by atoms with E-state index in [0.717, 1.165) is 28.9 Å². The van der Waals surface area contributed by atoms with E-state index in [4.69, 9.17) is 4.98 Å². The number of carbonyl (C=O) groups excluding carboxylic acids is 1. The predicted octanol–water partition coefficient (Wildman–Crippen LogP) is 2.08. The topological polar surface area (TPSA) is 49.3 Å². The summed E-state index contributed by atoms with van der Waals surface area (Å²) in [7, 11) is 3.80. The number of rotatable bonds is 3. The first-order chi connectivity index (χ1) is 11.9. The van der Waals surface area contributed by atoms with Crippen molar-refractivity contribution in [1.82, 2.24) is 19.8 Å². The average molecular weight is 342 g/mol. The minimum atomic E-state index is -0.273. The molecule has 0 radical (unpaired) electrons. The van der Waals surface area contributed by atoms with Crippen LogP contribution in [0, 0.1) is 12.7 Å². The number of fused-ring (bicyclic) bond motifs is 1. The van der Waals surface area contributed by atoms with Gasteiger partial charge in [0.15, 0.2) is 5.82 Å². The molecule has 1 aliphatic rings. The number of carbonyl (C=O) groups is 1. The summed E-state index contributed by atoms with van der Waals surface area (Å²) in [6.45, 7) is 3.76. The van der Waals surface area contributed by atoms with Gasteiger partial charge in [-0.3, -0.25) is 4.79 Å². The van der Waals surface area contributed by atoms with Gasteiger partial charge in [0.25, 0.3) is 0 Å². The van der Waals surface area contributed by atoms with E-state index in [-0.39, 0.29) is 11.7 Å². The first-order valence-corrected chi connectivity index (χ1v) is 8.49. The predicted molar refractivity (Wildman–Crippen MR) is 94.7 cm³/mol. The fraction of sp³-hybridized carbons (Fsp3) is 0.421. The summed E-state index contributed by atoms with van der Waals surface area (Å²) in [6.07, 6.45) is 1.48. The summed E-state index contributed by atoms with van der Waals surface area (Å²) in [5.74, 6) is 0.483. The minimum absolute atomic E-state index is 0.141. The van der Waals surface area contributed by atoms with Crippen molar-refractivity contribution >= 4 is 5.91 Å². The van der Waals surface area contributed by atoms with Gasteiger partial charge < -0.3 is 9.80 Å². The molecule has 0 bridgehead atoms. The molecule has 0 N–H and O–H groups in total. The van der Waals surface area contributed by atoms with Gasteiger partial charge >= 0.3 is 0 Å². The fourth-order valence-electron chi connectivity index (χ4n) is 3.13. The van der Waals surface area contributed by atoms with Gasteiger partial charge in [-0.05, 0) is 57.3 Å². The summed E-state index contributed by atoms with van der Waals surface area (Å²) in [6, 6.07) is 6.23. The molecule has 0 atom stereocenters. The molecule has 1 aliphatic heterocycles. The van der Waals surface area contributed by atoms with Crippen molar-refractivity contribution in [1.29, 1.82) is 0 Å². The quantitative estimate of drug-likeness (QED) is 0.857. The fourth-order valence-corrected chi connectivity index (χ4v) is 3.13. The van der Waals surface area contributed by atoms with Crippen LogP contribution in [0.3, 0.4) is 0 Å². The number of hydrogen-bond donors (Lipinski definition) is 0. The molecule has 132 valence electrons. The maximum Gasteiger partial charge on any atom is 0.236 e. The molecule has 5 nitrogen and oxygen atoms in total. The molecule has 0 saturated carbocycles. The number of amides is 1. The number of aromatic nitrogens is 2. The third kappa shape index (κ3) is 4.02. The SMILES string of the molecule is Cc1nc(-c2ccc(F)cc2)nc2c1CCN(C(=O)CN(C)C)CC2. The zero-order valence-electron chi connectivity index (χ0n) is 14.9. The van der Waals surface area contributed by atoms with Gasteiger partial charge in [0.1, 0.15) is 5.82 Å². The lowest BCUT2D eigenvalue weighted by molar-refractivity contribution is -0.131. The molecule has 2 heterocycles. The Bertz CT molecular complexity index is 774. The molecule has 0 saturated heterocycles. The van der Waals surface area contributed by atoms with Crippen LogP contribution < -0.4 is 0 Å². The lowest BCUT2D eigenvalue weighted by Crippen LogP contribution is -2.39. The second-order valence-corrected chi connectivity index (χ2v) is 6.68. The minimum Gasteiger partial charge on any atom is -0.341 e. The molecule has 1 aromatic carbocycles. The van der Waals surface area contributed by atoms with E-state index in [1.165, 1.54) is 12.1 Å². The molecule has 6 heteroatoms. The highest BCUT2D eigenvalue weighted by Gasteiger charge is 2.22. The molecular weight excluding hydrogens is 319 g/mol. The van der Waals surface area contributed by atoms with Gasteiger partial charge in [0, 0.05) is 36.5 Å². The van der Waals surface area contributed by atoms with Gasteiger partial charge in [-0.2, -0.15) is 0 Å². The van der Waals surface area contributed by atoms with Crippen LogP contribution in [-0.4, -0.2) is 59.4 Å². The normalized spacial score (nSPS) is 14.4. The van der Waals surface area contributed by atoms with E-state index in [1.54, 1.807) is 12.1 Å². The van der Waals surface area contributed by atoms with Crippen LogP contribution in [-0.2, 0) is 17.6 Å². The van der Waals surface area contributed by atoms with Crippen molar-refractivity contribution in [3.63, 3.8) is 0 Å². The number of hydrogen-bond acceptors (Lipinski definition) is 4. The maximum absolute atomic E-state index is 13.1. The Balaban J connectivity index is 1.84. The zero-order valence-corrected chi connectivity index (χ0v) is 14.9. The Labute approximate surface area is 147 Å². The van der Waals surface area contributed by atoms with Gasteiger partial charge in [0.05, 0.1) is 6.54 Å². The van der Waals surface area contributed by atoms with E-state index in [0.29, 0.717) is 31.9 Å². The van der Waals surface area contributed by atoms with Gasteiger partial charge in [0.2, 0.25) is 5.91 Å². The van der Waals surface area contributed by atoms with Crippen molar-refractivity contribution < 1.29 is 9.18 Å². The molecular formula is C19H23FN4O. The van der Waals surface area contributed by atoms with Crippen LogP contribution in [0.1, 0.15) is 17.0 Å². The lowest BCUT2D eigenvalue weighted by Gasteiger charge is -2.22. The molecule has 2 aromatic rings. The van der Waals surface area contributed by atoms with Crippen molar-refractivity contribution in [2.45, 2.75) is 19.8 Å². The largest absolute Gasteiger partial charge is 0.341 e. The van der Waals surface area contributed by atoms with Crippen LogP contribution in [0.25, 0.3) is 11.4 Å². The average Bonchev–Trinajstić information content (AvgIpc) is 2.78. The van der Waals surface area contributed by atoms with Crippen molar-refractivity contribution in [2.75, 3.05) is 33.7 Å². The highest BCUT2D eigenvalue weighted by molar-refractivity contribution is 5.78. The van der Waals surface area contributed by atoms with Crippen LogP contribution in [0.2, 0.25) is 0 Å². The standard InChI is InChI=1S/C19H23FN4O/c1-13-16-8-10-24(18(25)12-23(2)3)11-9-17(16)22-19(21-13)14-4-6-15(20)7-5-14/h4-7H,8-12H2,1-3H3. The molecule has 0 fully saturated rings. The summed E-state index contributed by atoms with van der Waals surface area (Å²) in [5, 5.41) is 0. The third-order valence-corrected chi connectivity index (χ3v) is 4.46. The molecule has 0 spiro atoms. The first-order valence-electron chi connectivity index (χ1n) is 8.49. The van der Waals surface area contributed by atoms with Crippen LogP contribution in [0.5, 0.6) is 0 Å². The number of aryl methyl sites for hydroxylation is 1. The van der Waals surface area contributed by atoms with Crippen LogP contribution in [0.15, 0.2) is 24.3 Å². The summed E-state index contributed by atoms with van der Waals surface area (Å²) < 4.78 is 13.1. The van der Waals surface area contributed by atoms with Crippen LogP contribution >= 0.6 is 0 Å². The Morgan fingerprint density at radius 2 is 1.84 bits per heavy atom. The zero-order chi connectivity index (χ0) is 18.0. The van der Waals surface area contributed by atoms with Gasteiger partial charge in [-0.15, -0.1) is 0 Å². The monoisotopic (exact) mass is 342 g/mol. The van der Waals surface area contributed by atoms with E-state index < -0.39 is 0 Å². The van der Waals surface area contributed by atoms with Gasteiger partial charge in [-0.1, -0.05) is 0 Å². The van der Waals surface area contributed by atoms with E-state index in [2.05, 4.69) is 4.98 Å². The van der Waals surface area contributed by atoms with Crippen LogP contribution in [0.4, 0.5) is 4.39 Å². The maximum atomic E-state index is 13.1. The Kier molecular flexibility index (Phi) is 5.08. The van der Waals surface area contributed by atoms with Crippen molar-refractivity contribution in [2.24, 2.45) is 0 Å². The Hall–Kier alpha value is -2.34. The summed E-state index contributed by atoms with van der Waals surface area (Å²) in [5.41, 5.74) is 3.86. The molecule has 1 amide bonds. The van der Waals surface area contributed by atoms with E-state index >= 15 is 0 Å². The number of benzene rings is 1. The van der Waals surface area contributed by atoms with Crippen molar-refractivity contribution in [3.8, 4) is 11.4 Å². The molecule has 1 aromatic heterocycles. The first kappa shape index (κ1) is 17.5.